The van der Waals surface area contributed by atoms with Gasteiger partial charge in [-0.15, -0.1) is 8.46 Å². The minimum absolute atomic E-state index is 0.399. The molecule has 0 aliphatic carbocycles. The second-order valence-electron chi connectivity index (χ2n) is 8.98. The second kappa shape index (κ2) is 8.49. The van der Waals surface area contributed by atoms with Gasteiger partial charge in [0, 0.05) is 0 Å². The van der Waals surface area contributed by atoms with Gasteiger partial charge in [0.25, 0.3) is 0 Å². The van der Waals surface area contributed by atoms with E-state index in [4.69, 9.17) is 0 Å². The van der Waals surface area contributed by atoms with Gasteiger partial charge >= 0.3 is 0 Å². The van der Waals surface area contributed by atoms with Crippen LogP contribution >= 0.6 is 8.46 Å². The van der Waals surface area contributed by atoms with Crippen molar-refractivity contribution < 1.29 is 0 Å². The lowest BCUT2D eigenvalue weighted by Gasteiger charge is -2.25. The van der Waals surface area contributed by atoms with Crippen molar-refractivity contribution in [1.82, 2.24) is 0 Å². The SMILES string of the molecule is Cc1cc(C)c(PB(c2c(C)cc(C)cc2C)c2c(C)cc(C)cc2C)c(C)c1. The van der Waals surface area contributed by atoms with Crippen LogP contribution in [-0.2, 0) is 0 Å². The fourth-order valence-corrected chi connectivity index (χ4v) is 7.22. The van der Waals surface area contributed by atoms with Gasteiger partial charge in [-0.2, -0.15) is 0 Å². The fraction of sp³-hybridized carbons (Fsp3) is 0.333. The van der Waals surface area contributed by atoms with Crippen LogP contribution in [0.5, 0.6) is 0 Å². The minimum atomic E-state index is 0.399. The summed E-state index contributed by atoms with van der Waals surface area (Å²) in [5.41, 5.74) is 15.6. The highest BCUT2D eigenvalue weighted by molar-refractivity contribution is 7.86. The van der Waals surface area contributed by atoms with Crippen LogP contribution in [-0.4, -0.2) is 6.43 Å². The van der Waals surface area contributed by atoms with Crippen molar-refractivity contribution in [2.75, 3.05) is 0 Å². The van der Waals surface area contributed by atoms with E-state index in [9.17, 15) is 0 Å². The largest absolute Gasteiger partial charge is 0.240 e. The van der Waals surface area contributed by atoms with Crippen LogP contribution in [0.1, 0.15) is 50.1 Å². The van der Waals surface area contributed by atoms with Crippen LogP contribution in [0.3, 0.4) is 0 Å². The summed E-state index contributed by atoms with van der Waals surface area (Å²) in [7, 11) is 0.724. The van der Waals surface area contributed by atoms with E-state index < -0.39 is 0 Å². The monoisotopic (exact) mass is 400 g/mol. The first-order valence-corrected chi connectivity index (χ1v) is 11.7. The quantitative estimate of drug-likeness (QED) is 0.397. The first-order valence-electron chi connectivity index (χ1n) is 10.6. The fourth-order valence-electron chi connectivity index (χ4n) is 5.13. The molecule has 0 bridgehead atoms. The second-order valence-corrected chi connectivity index (χ2v) is 10.3. The van der Waals surface area contributed by atoms with Gasteiger partial charge in [-0.3, -0.25) is 0 Å². The highest BCUT2D eigenvalue weighted by Gasteiger charge is 2.28. The molecule has 0 fully saturated rings. The lowest BCUT2D eigenvalue weighted by Crippen LogP contribution is -2.45. The van der Waals surface area contributed by atoms with Gasteiger partial charge in [-0.25, -0.2) is 0 Å². The normalized spacial score (nSPS) is 11.5. The Morgan fingerprint density at radius 1 is 0.448 bits per heavy atom. The first kappa shape index (κ1) is 21.9. The Bertz CT molecular complexity index is 951. The van der Waals surface area contributed by atoms with Crippen molar-refractivity contribution in [2.45, 2.75) is 62.3 Å². The van der Waals surface area contributed by atoms with E-state index in [0.29, 0.717) is 6.43 Å². The Balaban J connectivity index is 2.27. The Morgan fingerprint density at radius 3 is 1.03 bits per heavy atom. The van der Waals surface area contributed by atoms with E-state index in [1.54, 1.807) is 0 Å². The standard InChI is InChI=1S/C27H34BP/c1-16-10-19(4)25(20(5)11-16)28(26-21(6)12-17(2)13-22(26)7)29-27-23(8)14-18(3)15-24(27)9/h10-15,29H,1-9H3. The van der Waals surface area contributed by atoms with Gasteiger partial charge in [-0.05, 0) is 78.7 Å². The van der Waals surface area contributed by atoms with Crippen molar-refractivity contribution in [2.24, 2.45) is 0 Å². The predicted molar refractivity (Wildman–Crippen MR) is 135 cm³/mol. The molecule has 0 N–H and O–H groups in total. The molecule has 0 aliphatic rings. The average molecular weight is 400 g/mol. The summed E-state index contributed by atoms with van der Waals surface area (Å²) in [5, 5.41) is 1.53. The third kappa shape index (κ3) is 4.51. The summed E-state index contributed by atoms with van der Waals surface area (Å²) < 4.78 is 0. The Kier molecular flexibility index (Phi) is 6.40. The molecule has 0 heterocycles. The molecule has 150 valence electrons. The average Bonchev–Trinajstić information content (AvgIpc) is 2.55. The highest BCUT2D eigenvalue weighted by atomic mass is 31.1. The van der Waals surface area contributed by atoms with Gasteiger partial charge in [0.1, 0.15) is 0 Å². The van der Waals surface area contributed by atoms with Crippen molar-refractivity contribution in [3.05, 3.63) is 86.5 Å². The molecule has 0 nitrogen and oxygen atoms in total. The number of hydrogen-bond acceptors (Lipinski definition) is 0. The summed E-state index contributed by atoms with van der Waals surface area (Å²) in [5.74, 6) is 0. The Hall–Kier alpha value is -1.85. The number of aryl methyl sites for hydroxylation is 9. The van der Waals surface area contributed by atoms with Crippen LogP contribution in [0.25, 0.3) is 0 Å². The topological polar surface area (TPSA) is 0 Å². The van der Waals surface area contributed by atoms with Crippen LogP contribution in [0.2, 0.25) is 0 Å². The van der Waals surface area contributed by atoms with Gasteiger partial charge in [0.2, 0.25) is 6.43 Å². The third-order valence-corrected chi connectivity index (χ3v) is 7.96. The summed E-state index contributed by atoms with van der Waals surface area (Å²) >= 11 is 0. The molecule has 0 saturated carbocycles. The number of benzene rings is 3. The van der Waals surface area contributed by atoms with Crippen molar-refractivity contribution in [3.63, 3.8) is 0 Å². The van der Waals surface area contributed by atoms with E-state index in [1.807, 2.05) is 0 Å². The third-order valence-electron chi connectivity index (χ3n) is 6.02. The molecule has 3 aromatic rings. The van der Waals surface area contributed by atoms with Gasteiger partial charge in [0.15, 0.2) is 0 Å². The molecular weight excluding hydrogens is 366 g/mol. The summed E-state index contributed by atoms with van der Waals surface area (Å²) in [6, 6.07) is 14.1. The molecule has 0 aliphatic heterocycles. The van der Waals surface area contributed by atoms with Crippen molar-refractivity contribution in [3.8, 4) is 0 Å². The lowest BCUT2D eigenvalue weighted by atomic mass is 9.56. The summed E-state index contributed by atoms with van der Waals surface area (Å²) in [6.45, 7) is 20.3. The van der Waals surface area contributed by atoms with Gasteiger partial charge in [0.05, 0.1) is 0 Å². The molecule has 0 radical (unpaired) electrons. The molecule has 3 rings (SSSR count). The van der Waals surface area contributed by atoms with E-state index >= 15 is 0 Å². The summed E-state index contributed by atoms with van der Waals surface area (Å²) in [4.78, 5) is 0. The Labute approximate surface area is 180 Å². The molecule has 3 aromatic carbocycles. The zero-order chi connectivity index (χ0) is 21.5. The van der Waals surface area contributed by atoms with Crippen molar-refractivity contribution in [1.29, 1.82) is 0 Å². The molecule has 0 aromatic heterocycles. The summed E-state index contributed by atoms with van der Waals surface area (Å²) in [6.07, 6.45) is 0.399. The van der Waals surface area contributed by atoms with Crippen LogP contribution in [0.15, 0.2) is 36.4 Å². The lowest BCUT2D eigenvalue weighted by molar-refractivity contribution is 1.34. The predicted octanol–water partition coefficient (Wildman–Crippen LogP) is 5.57. The molecule has 1 unspecified atom stereocenters. The van der Waals surface area contributed by atoms with E-state index in [0.717, 1.165) is 8.46 Å². The van der Waals surface area contributed by atoms with E-state index in [1.165, 1.54) is 66.3 Å². The zero-order valence-electron chi connectivity index (χ0n) is 19.5. The van der Waals surface area contributed by atoms with Crippen molar-refractivity contribution >= 4 is 31.1 Å². The molecule has 0 amide bonds. The maximum Gasteiger partial charge on any atom is 0.240 e. The smallest absolute Gasteiger partial charge is 0.113 e. The van der Waals surface area contributed by atoms with Gasteiger partial charge in [-0.1, -0.05) is 86.3 Å². The molecule has 0 spiro atoms. The van der Waals surface area contributed by atoms with Crippen LogP contribution in [0, 0.1) is 62.3 Å². The molecule has 1 atom stereocenters. The molecule has 29 heavy (non-hydrogen) atoms. The van der Waals surface area contributed by atoms with Crippen LogP contribution < -0.4 is 16.2 Å². The maximum absolute atomic E-state index is 2.35. The Morgan fingerprint density at radius 2 is 0.724 bits per heavy atom. The molecule has 2 heteroatoms. The minimum Gasteiger partial charge on any atom is -0.113 e. The van der Waals surface area contributed by atoms with E-state index in [-0.39, 0.29) is 0 Å². The van der Waals surface area contributed by atoms with Crippen LogP contribution in [0.4, 0.5) is 0 Å². The first-order chi connectivity index (χ1) is 13.6. The van der Waals surface area contributed by atoms with E-state index in [2.05, 4.69) is 98.7 Å². The number of hydrogen-bond donors (Lipinski definition) is 0. The highest BCUT2D eigenvalue weighted by Crippen LogP contribution is 2.25. The molecular formula is C27H34BP. The molecule has 0 saturated heterocycles. The zero-order valence-corrected chi connectivity index (χ0v) is 20.5. The maximum atomic E-state index is 2.35. The van der Waals surface area contributed by atoms with Gasteiger partial charge < -0.3 is 0 Å². The number of rotatable bonds is 4.